The van der Waals surface area contributed by atoms with E-state index in [1.807, 2.05) is 6.07 Å². The maximum Gasteiger partial charge on any atom is 0.410 e. The van der Waals surface area contributed by atoms with E-state index >= 15 is 0 Å². The molecule has 1 aromatic carbocycles. The maximum absolute atomic E-state index is 12.6. The molecule has 0 bridgehead atoms. The van der Waals surface area contributed by atoms with E-state index < -0.39 is 17.6 Å². The Morgan fingerprint density at radius 1 is 1.13 bits per heavy atom. The lowest BCUT2D eigenvalue weighted by atomic mass is 9.81. The van der Waals surface area contributed by atoms with Crippen LogP contribution in [0.1, 0.15) is 52.0 Å². The SMILES string of the molecule is CN(Cc1cccc(NC(=O)CN2C(=O)C3CCCCC3C2=O)c1)C(=O)OC(C)(C)C. The molecule has 0 radical (unpaired) electrons. The van der Waals surface area contributed by atoms with Gasteiger partial charge in [0, 0.05) is 19.3 Å². The van der Waals surface area contributed by atoms with E-state index in [1.54, 1.807) is 46.0 Å². The van der Waals surface area contributed by atoms with E-state index in [2.05, 4.69) is 5.32 Å². The van der Waals surface area contributed by atoms with Crippen LogP contribution >= 0.6 is 0 Å². The van der Waals surface area contributed by atoms with Gasteiger partial charge in [0.25, 0.3) is 0 Å². The molecular formula is C23H31N3O5. The number of ether oxygens (including phenoxy) is 1. The summed E-state index contributed by atoms with van der Waals surface area (Å²) in [6.45, 7) is 5.46. The second-order valence-electron chi connectivity index (χ2n) is 9.35. The highest BCUT2D eigenvalue weighted by molar-refractivity contribution is 6.08. The van der Waals surface area contributed by atoms with Crippen LogP contribution in [-0.4, -0.2) is 52.8 Å². The van der Waals surface area contributed by atoms with Gasteiger partial charge in [-0.3, -0.25) is 19.3 Å². The molecule has 1 saturated carbocycles. The van der Waals surface area contributed by atoms with Gasteiger partial charge in [0.2, 0.25) is 17.7 Å². The minimum absolute atomic E-state index is 0.224. The number of carbonyl (C=O) groups excluding carboxylic acids is 4. The summed E-state index contributed by atoms with van der Waals surface area (Å²) >= 11 is 0. The Bertz CT molecular complexity index is 852. The molecule has 8 heteroatoms. The first-order chi connectivity index (χ1) is 14.5. The van der Waals surface area contributed by atoms with Crippen molar-refractivity contribution in [2.75, 3.05) is 18.9 Å². The predicted octanol–water partition coefficient (Wildman–Crippen LogP) is 3.17. The topological polar surface area (TPSA) is 96.0 Å². The van der Waals surface area contributed by atoms with Crippen molar-refractivity contribution in [2.24, 2.45) is 11.8 Å². The summed E-state index contributed by atoms with van der Waals surface area (Å²) in [4.78, 5) is 52.3. The first kappa shape index (κ1) is 22.8. The van der Waals surface area contributed by atoms with Gasteiger partial charge in [-0.2, -0.15) is 0 Å². The highest BCUT2D eigenvalue weighted by atomic mass is 16.6. The Labute approximate surface area is 182 Å². The lowest BCUT2D eigenvalue weighted by Crippen LogP contribution is -2.38. The van der Waals surface area contributed by atoms with Gasteiger partial charge in [-0.1, -0.05) is 25.0 Å². The molecule has 1 aromatic rings. The summed E-state index contributed by atoms with van der Waals surface area (Å²) in [5.41, 5.74) is 0.769. The first-order valence-electron chi connectivity index (χ1n) is 10.7. The fourth-order valence-corrected chi connectivity index (χ4v) is 4.16. The van der Waals surface area contributed by atoms with E-state index in [9.17, 15) is 19.2 Å². The zero-order valence-electron chi connectivity index (χ0n) is 18.6. The number of hydrogen-bond acceptors (Lipinski definition) is 5. The number of amides is 4. The van der Waals surface area contributed by atoms with E-state index in [-0.39, 0.29) is 30.2 Å². The Hall–Kier alpha value is -2.90. The van der Waals surface area contributed by atoms with Gasteiger partial charge in [-0.05, 0) is 51.3 Å². The summed E-state index contributed by atoms with van der Waals surface area (Å²) in [5.74, 6) is -1.39. The molecule has 0 aromatic heterocycles. The predicted molar refractivity (Wildman–Crippen MR) is 115 cm³/mol. The smallest absolute Gasteiger partial charge is 0.410 e. The minimum atomic E-state index is -0.580. The molecule has 1 N–H and O–H groups in total. The number of likely N-dealkylation sites (tertiary alicyclic amines) is 1. The third kappa shape index (κ3) is 5.62. The molecule has 2 aliphatic rings. The Kier molecular flexibility index (Phi) is 6.67. The fraction of sp³-hybridized carbons (Fsp3) is 0.565. The van der Waals surface area contributed by atoms with Gasteiger partial charge in [0.1, 0.15) is 12.1 Å². The average molecular weight is 430 g/mol. The summed E-state index contributed by atoms with van der Waals surface area (Å²) < 4.78 is 5.35. The van der Waals surface area contributed by atoms with Gasteiger partial charge in [-0.15, -0.1) is 0 Å². The molecule has 8 nitrogen and oxygen atoms in total. The van der Waals surface area contributed by atoms with Crippen molar-refractivity contribution in [1.29, 1.82) is 0 Å². The van der Waals surface area contributed by atoms with Crippen LogP contribution in [0.2, 0.25) is 0 Å². The van der Waals surface area contributed by atoms with Crippen LogP contribution in [-0.2, 0) is 25.7 Å². The Balaban J connectivity index is 1.58. The van der Waals surface area contributed by atoms with E-state index in [4.69, 9.17) is 4.74 Å². The summed E-state index contributed by atoms with van der Waals surface area (Å²) in [6.07, 6.45) is 2.91. The van der Waals surface area contributed by atoms with Crippen LogP contribution in [0.4, 0.5) is 10.5 Å². The first-order valence-corrected chi connectivity index (χ1v) is 10.7. The molecule has 3 rings (SSSR count). The van der Waals surface area contributed by atoms with Crippen molar-refractivity contribution in [3.05, 3.63) is 29.8 Å². The van der Waals surface area contributed by atoms with Gasteiger partial charge in [0.15, 0.2) is 0 Å². The standard InChI is InChI=1S/C23H31N3O5/c1-23(2,3)31-22(30)25(4)13-15-8-7-9-16(12-15)24-19(27)14-26-20(28)17-10-5-6-11-18(17)21(26)29/h7-9,12,17-18H,5-6,10-11,13-14H2,1-4H3,(H,24,27). The van der Waals surface area contributed by atoms with Crippen molar-refractivity contribution < 1.29 is 23.9 Å². The lowest BCUT2D eigenvalue weighted by molar-refractivity contribution is -0.142. The summed E-state index contributed by atoms with van der Waals surface area (Å²) in [7, 11) is 1.64. The molecular weight excluding hydrogens is 398 g/mol. The van der Waals surface area contributed by atoms with Crippen LogP contribution in [0.3, 0.4) is 0 Å². The fourth-order valence-electron chi connectivity index (χ4n) is 4.16. The van der Waals surface area contributed by atoms with Crippen molar-refractivity contribution >= 4 is 29.5 Å². The van der Waals surface area contributed by atoms with Crippen LogP contribution in [0, 0.1) is 11.8 Å². The average Bonchev–Trinajstić information content (AvgIpc) is 2.92. The largest absolute Gasteiger partial charge is 0.444 e. The zero-order valence-corrected chi connectivity index (χ0v) is 18.6. The van der Waals surface area contributed by atoms with Gasteiger partial charge >= 0.3 is 6.09 Å². The van der Waals surface area contributed by atoms with Crippen molar-refractivity contribution in [3.63, 3.8) is 0 Å². The number of fused-ring (bicyclic) bond motifs is 1. The molecule has 2 unspecified atom stereocenters. The molecule has 2 atom stereocenters. The number of anilines is 1. The maximum atomic E-state index is 12.6. The summed E-state index contributed by atoms with van der Waals surface area (Å²) in [6, 6.07) is 7.10. The van der Waals surface area contributed by atoms with Crippen LogP contribution in [0.5, 0.6) is 0 Å². The zero-order chi connectivity index (χ0) is 22.8. The minimum Gasteiger partial charge on any atom is -0.444 e. The number of nitrogens with one attached hydrogen (secondary N) is 1. The monoisotopic (exact) mass is 429 g/mol. The van der Waals surface area contributed by atoms with Crippen LogP contribution in [0.15, 0.2) is 24.3 Å². The molecule has 31 heavy (non-hydrogen) atoms. The number of hydrogen-bond donors (Lipinski definition) is 1. The number of rotatable bonds is 5. The third-order valence-corrected chi connectivity index (χ3v) is 5.57. The number of nitrogens with zero attached hydrogens (tertiary/aromatic N) is 2. The highest BCUT2D eigenvalue weighted by Crippen LogP contribution is 2.37. The quantitative estimate of drug-likeness (QED) is 0.726. The molecule has 1 heterocycles. The van der Waals surface area contributed by atoms with Crippen LogP contribution < -0.4 is 5.32 Å². The van der Waals surface area contributed by atoms with Crippen molar-refractivity contribution in [2.45, 2.75) is 58.6 Å². The van der Waals surface area contributed by atoms with E-state index in [0.29, 0.717) is 12.2 Å². The molecule has 2 fully saturated rings. The van der Waals surface area contributed by atoms with Crippen molar-refractivity contribution in [3.8, 4) is 0 Å². The highest BCUT2D eigenvalue weighted by Gasteiger charge is 2.48. The molecule has 1 aliphatic carbocycles. The Morgan fingerprint density at radius 2 is 1.74 bits per heavy atom. The molecule has 4 amide bonds. The summed E-state index contributed by atoms with van der Waals surface area (Å²) in [5, 5.41) is 2.75. The number of benzene rings is 1. The van der Waals surface area contributed by atoms with Gasteiger partial charge in [0.05, 0.1) is 11.8 Å². The molecule has 1 aliphatic heterocycles. The number of imide groups is 1. The second kappa shape index (κ2) is 9.08. The lowest BCUT2D eigenvalue weighted by Gasteiger charge is -2.24. The number of carbonyl (C=O) groups is 4. The second-order valence-corrected chi connectivity index (χ2v) is 9.35. The van der Waals surface area contributed by atoms with Gasteiger partial charge < -0.3 is 15.0 Å². The van der Waals surface area contributed by atoms with E-state index in [1.165, 1.54) is 4.90 Å². The van der Waals surface area contributed by atoms with Gasteiger partial charge in [-0.25, -0.2) is 4.79 Å². The van der Waals surface area contributed by atoms with E-state index in [0.717, 1.165) is 36.1 Å². The van der Waals surface area contributed by atoms with Crippen molar-refractivity contribution in [1.82, 2.24) is 9.80 Å². The van der Waals surface area contributed by atoms with Crippen LogP contribution in [0.25, 0.3) is 0 Å². The third-order valence-electron chi connectivity index (χ3n) is 5.57. The normalized spacial score (nSPS) is 21.0. The molecule has 0 spiro atoms. The Morgan fingerprint density at radius 3 is 2.32 bits per heavy atom. The molecule has 168 valence electrons. The molecule has 1 saturated heterocycles.